The zero-order valence-electron chi connectivity index (χ0n) is 12.2. The Kier molecular flexibility index (Phi) is 4.14. The van der Waals surface area contributed by atoms with Crippen molar-refractivity contribution in [1.82, 2.24) is 14.5 Å². The van der Waals surface area contributed by atoms with Crippen molar-refractivity contribution in [3.8, 4) is 6.07 Å². The zero-order chi connectivity index (χ0) is 14.8. The van der Waals surface area contributed by atoms with Crippen LogP contribution in [0.5, 0.6) is 0 Å². The Bertz CT molecular complexity index is 679. The van der Waals surface area contributed by atoms with E-state index in [9.17, 15) is 5.26 Å². The summed E-state index contributed by atoms with van der Waals surface area (Å²) in [7, 11) is 0. The van der Waals surface area contributed by atoms with Gasteiger partial charge in [-0.05, 0) is 45.0 Å². The first-order valence-electron chi connectivity index (χ1n) is 7.43. The SMILES string of the molecule is CC(Cn1c(CCl)nc2c(C#N)cccc21)N1CCCC1. The summed E-state index contributed by atoms with van der Waals surface area (Å²) >= 11 is 6.06. The summed E-state index contributed by atoms with van der Waals surface area (Å²) in [5, 5.41) is 9.22. The van der Waals surface area contributed by atoms with Gasteiger partial charge in [0.25, 0.3) is 0 Å². The van der Waals surface area contributed by atoms with Gasteiger partial charge in [0.1, 0.15) is 17.4 Å². The van der Waals surface area contributed by atoms with Gasteiger partial charge in [-0.1, -0.05) is 6.07 Å². The number of imidazole rings is 1. The fourth-order valence-electron chi connectivity index (χ4n) is 3.15. The number of aromatic nitrogens is 2. The summed E-state index contributed by atoms with van der Waals surface area (Å²) in [6.45, 7) is 5.47. The molecule has 0 radical (unpaired) electrons. The molecule has 1 atom stereocenters. The Hall–Kier alpha value is -1.57. The molecule has 0 saturated carbocycles. The fraction of sp³-hybridized carbons (Fsp3) is 0.500. The molecule has 0 spiro atoms. The molecule has 110 valence electrons. The molecule has 1 unspecified atom stereocenters. The molecule has 0 bridgehead atoms. The number of benzene rings is 1. The van der Waals surface area contributed by atoms with Crippen LogP contribution in [0.25, 0.3) is 11.0 Å². The minimum absolute atomic E-state index is 0.367. The minimum atomic E-state index is 0.367. The van der Waals surface area contributed by atoms with E-state index < -0.39 is 0 Å². The lowest BCUT2D eigenvalue weighted by Gasteiger charge is -2.25. The predicted molar refractivity (Wildman–Crippen MR) is 84.3 cm³/mol. The van der Waals surface area contributed by atoms with Gasteiger partial charge in [-0.2, -0.15) is 5.26 Å². The van der Waals surface area contributed by atoms with Crippen molar-refractivity contribution in [3.05, 3.63) is 29.6 Å². The summed E-state index contributed by atoms with van der Waals surface area (Å²) in [5.41, 5.74) is 2.39. The molecule has 0 aliphatic carbocycles. The maximum Gasteiger partial charge on any atom is 0.124 e. The molecule has 21 heavy (non-hydrogen) atoms. The first-order chi connectivity index (χ1) is 10.2. The van der Waals surface area contributed by atoms with Crippen molar-refractivity contribution >= 4 is 22.6 Å². The highest BCUT2D eigenvalue weighted by atomic mass is 35.5. The van der Waals surface area contributed by atoms with Gasteiger partial charge in [-0.3, -0.25) is 4.90 Å². The minimum Gasteiger partial charge on any atom is -0.325 e. The second-order valence-electron chi connectivity index (χ2n) is 5.65. The van der Waals surface area contributed by atoms with Crippen molar-refractivity contribution in [3.63, 3.8) is 0 Å². The van der Waals surface area contributed by atoms with Crippen LogP contribution in [-0.4, -0.2) is 33.6 Å². The first-order valence-corrected chi connectivity index (χ1v) is 7.96. The van der Waals surface area contributed by atoms with Gasteiger partial charge in [0.2, 0.25) is 0 Å². The second kappa shape index (κ2) is 6.05. The number of nitriles is 1. The van der Waals surface area contributed by atoms with Crippen molar-refractivity contribution in [2.75, 3.05) is 13.1 Å². The monoisotopic (exact) mass is 302 g/mol. The Labute approximate surface area is 129 Å². The molecule has 1 aromatic heterocycles. The summed E-state index contributed by atoms with van der Waals surface area (Å²) in [6, 6.07) is 8.41. The number of hydrogen-bond donors (Lipinski definition) is 0. The third kappa shape index (κ3) is 2.64. The Morgan fingerprint density at radius 2 is 2.14 bits per heavy atom. The van der Waals surface area contributed by atoms with E-state index in [-0.39, 0.29) is 0 Å². The van der Waals surface area contributed by atoms with Crippen molar-refractivity contribution in [2.24, 2.45) is 0 Å². The molecular weight excluding hydrogens is 284 g/mol. The van der Waals surface area contributed by atoms with Gasteiger partial charge >= 0.3 is 0 Å². The molecule has 0 N–H and O–H groups in total. The molecule has 1 aliphatic rings. The third-order valence-corrected chi connectivity index (χ3v) is 4.55. The van der Waals surface area contributed by atoms with Gasteiger partial charge in [0.05, 0.1) is 17.0 Å². The van der Waals surface area contributed by atoms with Gasteiger partial charge < -0.3 is 4.57 Å². The van der Waals surface area contributed by atoms with E-state index in [1.807, 2.05) is 18.2 Å². The lowest BCUT2D eigenvalue weighted by molar-refractivity contribution is 0.236. The maximum absolute atomic E-state index is 9.22. The quantitative estimate of drug-likeness (QED) is 0.815. The molecule has 1 aliphatic heterocycles. The van der Waals surface area contributed by atoms with Crippen LogP contribution in [0, 0.1) is 11.3 Å². The van der Waals surface area contributed by atoms with Crippen LogP contribution in [-0.2, 0) is 12.4 Å². The van der Waals surface area contributed by atoms with Crippen LogP contribution >= 0.6 is 11.6 Å². The number of para-hydroxylation sites is 1. The summed E-state index contributed by atoms with van der Waals surface area (Å²) in [6.07, 6.45) is 2.58. The zero-order valence-corrected chi connectivity index (χ0v) is 13.0. The van der Waals surface area contributed by atoms with E-state index in [1.165, 1.54) is 25.9 Å². The lowest BCUT2D eigenvalue weighted by Crippen LogP contribution is -2.34. The molecule has 1 aromatic carbocycles. The number of hydrogen-bond acceptors (Lipinski definition) is 3. The molecule has 1 saturated heterocycles. The highest BCUT2D eigenvalue weighted by Crippen LogP contribution is 2.23. The highest BCUT2D eigenvalue weighted by Gasteiger charge is 2.21. The number of rotatable bonds is 4. The first kappa shape index (κ1) is 14.4. The van der Waals surface area contributed by atoms with Crippen molar-refractivity contribution in [1.29, 1.82) is 5.26 Å². The van der Waals surface area contributed by atoms with Crippen molar-refractivity contribution < 1.29 is 0 Å². The van der Waals surface area contributed by atoms with E-state index in [0.717, 1.165) is 23.4 Å². The highest BCUT2D eigenvalue weighted by molar-refractivity contribution is 6.16. The third-order valence-electron chi connectivity index (χ3n) is 4.31. The number of fused-ring (bicyclic) bond motifs is 1. The molecule has 5 heteroatoms. The molecule has 2 aromatic rings. The molecule has 4 nitrogen and oxygen atoms in total. The second-order valence-corrected chi connectivity index (χ2v) is 5.92. The average molecular weight is 303 g/mol. The molecule has 3 rings (SSSR count). The topological polar surface area (TPSA) is 44.9 Å². The van der Waals surface area contributed by atoms with Gasteiger partial charge in [0.15, 0.2) is 0 Å². The van der Waals surface area contributed by atoms with Crippen LogP contribution in [0.15, 0.2) is 18.2 Å². The number of likely N-dealkylation sites (tertiary alicyclic amines) is 1. The van der Waals surface area contributed by atoms with Crippen LogP contribution in [0.1, 0.15) is 31.2 Å². The largest absolute Gasteiger partial charge is 0.325 e. The molecule has 2 heterocycles. The van der Waals surface area contributed by atoms with Crippen LogP contribution in [0.4, 0.5) is 0 Å². The van der Waals surface area contributed by atoms with Crippen LogP contribution in [0.2, 0.25) is 0 Å². The Balaban J connectivity index is 1.98. The van der Waals surface area contributed by atoms with E-state index in [0.29, 0.717) is 17.5 Å². The van der Waals surface area contributed by atoms with Gasteiger partial charge in [0, 0.05) is 12.6 Å². The summed E-state index contributed by atoms with van der Waals surface area (Å²) in [4.78, 5) is 7.08. The average Bonchev–Trinajstić information content (AvgIpc) is 3.14. The van der Waals surface area contributed by atoms with E-state index in [1.54, 1.807) is 0 Å². The number of nitrogens with zero attached hydrogens (tertiary/aromatic N) is 4. The van der Waals surface area contributed by atoms with Crippen molar-refractivity contribution in [2.45, 2.75) is 38.2 Å². The van der Waals surface area contributed by atoms with Crippen LogP contribution < -0.4 is 0 Å². The smallest absolute Gasteiger partial charge is 0.124 e. The Morgan fingerprint density at radius 3 is 2.81 bits per heavy atom. The fourth-order valence-corrected chi connectivity index (χ4v) is 3.36. The predicted octanol–water partition coefficient (Wildman–Crippen LogP) is 3.13. The number of alkyl halides is 1. The lowest BCUT2D eigenvalue weighted by atomic mass is 10.2. The molecule has 1 fully saturated rings. The number of halogens is 1. The molecule has 0 amide bonds. The van der Waals surface area contributed by atoms with E-state index in [2.05, 4.69) is 27.4 Å². The summed E-state index contributed by atoms with van der Waals surface area (Å²) < 4.78 is 2.17. The summed E-state index contributed by atoms with van der Waals surface area (Å²) in [5.74, 6) is 1.21. The van der Waals surface area contributed by atoms with Gasteiger partial charge in [-0.15, -0.1) is 11.6 Å². The van der Waals surface area contributed by atoms with Crippen LogP contribution in [0.3, 0.4) is 0 Å². The Morgan fingerprint density at radius 1 is 1.38 bits per heavy atom. The normalized spacial score (nSPS) is 17.2. The maximum atomic E-state index is 9.22. The van der Waals surface area contributed by atoms with E-state index in [4.69, 9.17) is 11.6 Å². The standard InChI is InChI=1S/C16H19ClN4/c1-12(20-7-2-3-8-20)11-21-14-6-4-5-13(10-18)16(14)19-15(21)9-17/h4-6,12H,2-3,7-9,11H2,1H3. The van der Waals surface area contributed by atoms with Gasteiger partial charge in [-0.25, -0.2) is 4.98 Å². The molecular formula is C16H19ClN4. The van der Waals surface area contributed by atoms with E-state index >= 15 is 0 Å².